The summed E-state index contributed by atoms with van der Waals surface area (Å²) in [5.41, 5.74) is 6.15. The lowest BCUT2D eigenvalue weighted by Gasteiger charge is -2.11. The third-order valence-electron chi connectivity index (χ3n) is 4.03. The van der Waals surface area contributed by atoms with Gasteiger partial charge >= 0.3 is 6.03 Å². The number of carbonyl (C=O) groups is 1. The minimum absolute atomic E-state index is 0.0981. The van der Waals surface area contributed by atoms with Crippen LogP contribution in [0.1, 0.15) is 30.7 Å². The molecular weight excluding hydrogens is 312 g/mol. The van der Waals surface area contributed by atoms with E-state index in [0.29, 0.717) is 6.54 Å². The van der Waals surface area contributed by atoms with E-state index in [9.17, 15) is 4.79 Å². The molecule has 2 N–H and O–H groups in total. The van der Waals surface area contributed by atoms with Gasteiger partial charge in [-0.25, -0.2) is 9.78 Å². The molecule has 5 heteroatoms. The number of nitrogens with one attached hydrogen (secondary N) is 2. The molecule has 0 saturated carbocycles. The van der Waals surface area contributed by atoms with Crippen LogP contribution in [-0.4, -0.2) is 21.5 Å². The topological polar surface area (TPSA) is 58.4 Å². The Kier molecular flexibility index (Phi) is 4.74. The molecule has 0 aliphatic heterocycles. The van der Waals surface area contributed by atoms with E-state index in [-0.39, 0.29) is 12.1 Å². The maximum absolute atomic E-state index is 12.0. The fourth-order valence-electron chi connectivity index (χ4n) is 2.79. The molecule has 130 valence electrons. The number of hydrogen-bond acceptors (Lipinski definition) is 2. The molecule has 2 amide bonds. The van der Waals surface area contributed by atoms with Crippen LogP contribution >= 0.6 is 0 Å². The number of urea groups is 1. The van der Waals surface area contributed by atoms with Gasteiger partial charge in [0.15, 0.2) is 0 Å². The number of aromatic nitrogens is 2. The van der Waals surface area contributed by atoms with Crippen LogP contribution in [-0.2, 0) is 6.54 Å². The molecule has 0 aliphatic rings. The summed E-state index contributed by atoms with van der Waals surface area (Å²) >= 11 is 0. The van der Waals surface area contributed by atoms with E-state index in [1.807, 2.05) is 32.9 Å². The minimum atomic E-state index is -0.174. The molecule has 0 atom stereocenters. The Labute approximate surface area is 148 Å². The normalized spacial score (nSPS) is 11.1. The maximum atomic E-state index is 12.0. The fraction of sp³-hybridized carbons (Fsp3) is 0.300. The number of nitrogens with zero attached hydrogens (tertiary/aromatic N) is 2. The van der Waals surface area contributed by atoms with Gasteiger partial charge in [0.25, 0.3) is 0 Å². The molecule has 0 unspecified atom stereocenters. The maximum Gasteiger partial charge on any atom is 0.315 e. The Hall–Kier alpha value is -2.82. The van der Waals surface area contributed by atoms with E-state index in [4.69, 9.17) is 4.98 Å². The van der Waals surface area contributed by atoms with Gasteiger partial charge in [0.1, 0.15) is 5.65 Å². The summed E-state index contributed by atoms with van der Waals surface area (Å²) < 4.78 is 2.06. The van der Waals surface area contributed by atoms with E-state index < -0.39 is 0 Å². The molecule has 0 bridgehead atoms. The van der Waals surface area contributed by atoms with Gasteiger partial charge in [0, 0.05) is 17.8 Å². The number of aryl methyl sites for hydroxylation is 2. The van der Waals surface area contributed by atoms with Crippen molar-refractivity contribution in [1.29, 1.82) is 0 Å². The molecule has 0 aliphatic carbocycles. The first-order chi connectivity index (χ1) is 11.9. The van der Waals surface area contributed by atoms with Gasteiger partial charge < -0.3 is 15.0 Å². The van der Waals surface area contributed by atoms with Crippen molar-refractivity contribution in [2.24, 2.45) is 0 Å². The highest BCUT2D eigenvalue weighted by Gasteiger charge is 2.15. The van der Waals surface area contributed by atoms with E-state index in [0.717, 1.165) is 28.2 Å². The molecule has 25 heavy (non-hydrogen) atoms. The first-order valence-corrected chi connectivity index (χ1v) is 8.53. The van der Waals surface area contributed by atoms with Crippen LogP contribution in [0.25, 0.3) is 16.9 Å². The Morgan fingerprint density at radius 2 is 1.76 bits per heavy atom. The molecule has 5 nitrogen and oxygen atoms in total. The molecule has 3 aromatic rings. The summed E-state index contributed by atoms with van der Waals surface area (Å²) in [7, 11) is 0. The summed E-state index contributed by atoms with van der Waals surface area (Å²) in [6.45, 7) is 8.40. The van der Waals surface area contributed by atoms with Gasteiger partial charge in [0.05, 0.1) is 17.9 Å². The number of imidazole rings is 1. The minimum Gasteiger partial charge on any atom is -0.336 e. The van der Waals surface area contributed by atoms with Crippen molar-refractivity contribution in [1.82, 2.24) is 20.0 Å². The van der Waals surface area contributed by atoms with Crippen LogP contribution in [0.5, 0.6) is 0 Å². The smallest absolute Gasteiger partial charge is 0.315 e. The van der Waals surface area contributed by atoms with Gasteiger partial charge in [-0.1, -0.05) is 35.9 Å². The first-order valence-electron chi connectivity index (χ1n) is 8.53. The van der Waals surface area contributed by atoms with E-state index in [1.165, 1.54) is 5.56 Å². The number of hydrogen-bond donors (Lipinski definition) is 2. The molecule has 0 fully saturated rings. The monoisotopic (exact) mass is 336 g/mol. The first kappa shape index (κ1) is 17.0. The van der Waals surface area contributed by atoms with Crippen molar-refractivity contribution < 1.29 is 4.79 Å². The Balaban J connectivity index is 2.00. The molecule has 2 heterocycles. The number of fused-ring (bicyclic) bond motifs is 1. The average molecular weight is 336 g/mol. The highest BCUT2D eigenvalue weighted by molar-refractivity contribution is 5.75. The molecule has 2 aromatic heterocycles. The zero-order valence-electron chi connectivity index (χ0n) is 15.1. The summed E-state index contributed by atoms with van der Waals surface area (Å²) in [5, 5.41) is 5.79. The van der Waals surface area contributed by atoms with E-state index in [2.05, 4.69) is 52.4 Å². The summed E-state index contributed by atoms with van der Waals surface area (Å²) in [5.74, 6) is 0. The standard InChI is InChI=1S/C20H24N4O/c1-13(2)22-20(25)21-11-17-19(16-8-5-14(3)6-9-16)23-18-10-7-15(4)12-24(17)18/h5-10,12-13H,11H2,1-4H3,(H2,21,22,25). The zero-order valence-corrected chi connectivity index (χ0v) is 15.1. The Morgan fingerprint density at radius 3 is 2.44 bits per heavy atom. The number of benzene rings is 1. The molecule has 0 saturated heterocycles. The van der Waals surface area contributed by atoms with Crippen molar-refractivity contribution in [2.45, 2.75) is 40.3 Å². The summed E-state index contributed by atoms with van der Waals surface area (Å²) in [6, 6.07) is 12.3. The van der Waals surface area contributed by atoms with Crippen molar-refractivity contribution in [3.05, 3.63) is 59.4 Å². The highest BCUT2D eigenvalue weighted by Crippen LogP contribution is 2.25. The van der Waals surface area contributed by atoms with Gasteiger partial charge in [-0.2, -0.15) is 0 Å². The highest BCUT2D eigenvalue weighted by atomic mass is 16.2. The van der Waals surface area contributed by atoms with Gasteiger partial charge in [-0.3, -0.25) is 0 Å². The second-order valence-corrected chi connectivity index (χ2v) is 6.69. The number of carbonyl (C=O) groups excluding carboxylic acids is 1. The third-order valence-corrected chi connectivity index (χ3v) is 4.03. The van der Waals surface area contributed by atoms with Crippen molar-refractivity contribution in [2.75, 3.05) is 0 Å². The van der Waals surface area contributed by atoms with Crippen LogP contribution < -0.4 is 10.6 Å². The van der Waals surface area contributed by atoms with Crippen LogP contribution in [0.3, 0.4) is 0 Å². The molecule has 0 spiro atoms. The largest absolute Gasteiger partial charge is 0.336 e. The predicted octanol–water partition coefficient (Wildman–Crippen LogP) is 3.83. The van der Waals surface area contributed by atoms with Crippen LogP contribution in [0.2, 0.25) is 0 Å². The third kappa shape index (κ3) is 3.82. The number of pyridine rings is 1. The second kappa shape index (κ2) is 6.97. The van der Waals surface area contributed by atoms with Gasteiger partial charge in [-0.15, -0.1) is 0 Å². The predicted molar refractivity (Wildman–Crippen MR) is 101 cm³/mol. The van der Waals surface area contributed by atoms with Crippen molar-refractivity contribution in [3.63, 3.8) is 0 Å². The molecular formula is C20H24N4O. The zero-order chi connectivity index (χ0) is 18.0. The van der Waals surface area contributed by atoms with Crippen LogP contribution in [0, 0.1) is 13.8 Å². The summed E-state index contributed by atoms with van der Waals surface area (Å²) in [6.07, 6.45) is 2.05. The van der Waals surface area contributed by atoms with Crippen molar-refractivity contribution >= 4 is 11.7 Å². The number of rotatable bonds is 4. The van der Waals surface area contributed by atoms with E-state index >= 15 is 0 Å². The van der Waals surface area contributed by atoms with Crippen molar-refractivity contribution in [3.8, 4) is 11.3 Å². The Morgan fingerprint density at radius 1 is 1.08 bits per heavy atom. The van der Waals surface area contributed by atoms with E-state index in [1.54, 1.807) is 0 Å². The molecule has 1 aromatic carbocycles. The SMILES string of the molecule is Cc1ccc(-c2nc3ccc(C)cn3c2CNC(=O)NC(C)C)cc1. The molecule has 0 radical (unpaired) electrons. The van der Waals surface area contributed by atoms with Gasteiger partial charge in [-0.05, 0) is 39.3 Å². The Bertz CT molecular complexity index is 894. The van der Waals surface area contributed by atoms with Gasteiger partial charge in [0.2, 0.25) is 0 Å². The number of amides is 2. The lowest BCUT2D eigenvalue weighted by Crippen LogP contribution is -2.39. The lowest BCUT2D eigenvalue weighted by atomic mass is 10.1. The fourth-order valence-corrected chi connectivity index (χ4v) is 2.79. The average Bonchev–Trinajstić information content (AvgIpc) is 2.90. The quantitative estimate of drug-likeness (QED) is 0.761. The van der Waals surface area contributed by atoms with Crippen LogP contribution in [0.15, 0.2) is 42.6 Å². The summed E-state index contributed by atoms with van der Waals surface area (Å²) in [4.78, 5) is 16.8. The lowest BCUT2D eigenvalue weighted by molar-refractivity contribution is 0.238. The molecule has 3 rings (SSSR count). The van der Waals surface area contributed by atoms with Crippen LogP contribution in [0.4, 0.5) is 4.79 Å². The second-order valence-electron chi connectivity index (χ2n) is 6.69.